The fourth-order valence-corrected chi connectivity index (χ4v) is 1.94. The standard InChI is InChI=1S/C16H26N2O2S/c1-5-16(2,3)18(4)10-13(19)11-20-14-8-6-7-12(9-14)15(17)21/h6-9,13,19H,5,10-11H2,1-4H3,(H2,17,21). The summed E-state index contributed by atoms with van der Waals surface area (Å²) in [5.74, 6) is 0.664. The number of benzene rings is 1. The first kappa shape index (κ1) is 17.9. The van der Waals surface area contributed by atoms with Gasteiger partial charge in [0.05, 0.1) is 0 Å². The maximum Gasteiger partial charge on any atom is 0.120 e. The van der Waals surface area contributed by atoms with Crippen molar-refractivity contribution in [3.05, 3.63) is 29.8 Å². The van der Waals surface area contributed by atoms with Gasteiger partial charge in [0.25, 0.3) is 0 Å². The Hall–Kier alpha value is -1.17. The lowest BCUT2D eigenvalue weighted by molar-refractivity contribution is 0.0407. The van der Waals surface area contributed by atoms with Crippen molar-refractivity contribution in [3.8, 4) is 5.75 Å². The van der Waals surface area contributed by atoms with Gasteiger partial charge in [0.1, 0.15) is 23.4 Å². The summed E-state index contributed by atoms with van der Waals surface area (Å²) >= 11 is 4.93. The number of aliphatic hydroxyl groups is 1. The molecule has 1 aromatic carbocycles. The monoisotopic (exact) mass is 310 g/mol. The van der Waals surface area contributed by atoms with E-state index in [1.807, 2.05) is 25.2 Å². The van der Waals surface area contributed by atoms with Crippen molar-refractivity contribution in [2.45, 2.75) is 38.8 Å². The van der Waals surface area contributed by atoms with E-state index in [1.54, 1.807) is 6.07 Å². The number of thiocarbonyl (C=S) groups is 1. The Bertz CT molecular complexity index is 477. The zero-order chi connectivity index (χ0) is 16.0. The number of β-amino-alcohol motifs (C(OH)–C–C–N with tert-alkyl or cyclic N) is 1. The molecule has 0 heterocycles. The summed E-state index contributed by atoms with van der Waals surface area (Å²) in [6.07, 6.45) is 0.474. The summed E-state index contributed by atoms with van der Waals surface area (Å²) in [6.45, 7) is 7.26. The molecule has 0 aliphatic carbocycles. The normalized spacial score (nSPS) is 13.2. The van der Waals surface area contributed by atoms with Gasteiger partial charge in [0.15, 0.2) is 0 Å². The van der Waals surface area contributed by atoms with Crippen molar-refractivity contribution in [1.29, 1.82) is 0 Å². The lowest BCUT2D eigenvalue weighted by Gasteiger charge is -2.36. The van der Waals surface area contributed by atoms with Crippen molar-refractivity contribution in [2.24, 2.45) is 5.73 Å². The van der Waals surface area contributed by atoms with Crippen molar-refractivity contribution in [1.82, 2.24) is 4.90 Å². The third kappa shape index (κ3) is 5.61. The van der Waals surface area contributed by atoms with Crippen LogP contribution in [0, 0.1) is 0 Å². The molecule has 0 saturated heterocycles. The second-order valence-corrected chi connectivity index (χ2v) is 6.34. The third-order valence-electron chi connectivity index (χ3n) is 3.94. The van der Waals surface area contributed by atoms with Gasteiger partial charge in [0.2, 0.25) is 0 Å². The van der Waals surface area contributed by atoms with Gasteiger partial charge in [0, 0.05) is 17.6 Å². The van der Waals surface area contributed by atoms with Crippen LogP contribution in [0.3, 0.4) is 0 Å². The Kier molecular flexibility index (Phi) is 6.58. The maximum atomic E-state index is 10.1. The smallest absolute Gasteiger partial charge is 0.120 e. The molecule has 0 amide bonds. The number of ether oxygens (including phenoxy) is 1. The molecule has 0 aliphatic heterocycles. The minimum Gasteiger partial charge on any atom is -0.491 e. The van der Waals surface area contributed by atoms with Crippen LogP contribution in [0.1, 0.15) is 32.8 Å². The van der Waals surface area contributed by atoms with Crippen LogP contribution in [0.5, 0.6) is 5.75 Å². The minimum absolute atomic E-state index is 0.0621. The van der Waals surface area contributed by atoms with Gasteiger partial charge in [-0.15, -0.1) is 0 Å². The zero-order valence-electron chi connectivity index (χ0n) is 13.3. The van der Waals surface area contributed by atoms with E-state index >= 15 is 0 Å². The molecule has 3 N–H and O–H groups in total. The van der Waals surface area contributed by atoms with Crippen molar-refractivity contribution < 1.29 is 9.84 Å². The van der Waals surface area contributed by atoms with E-state index in [2.05, 4.69) is 25.7 Å². The molecular formula is C16H26N2O2S. The summed E-state index contributed by atoms with van der Waals surface area (Å²) in [7, 11) is 2.01. The van der Waals surface area contributed by atoms with Crippen LogP contribution in [0.2, 0.25) is 0 Å². The van der Waals surface area contributed by atoms with Crippen LogP contribution in [-0.2, 0) is 0 Å². The van der Waals surface area contributed by atoms with Gasteiger partial charge in [-0.1, -0.05) is 31.3 Å². The van der Waals surface area contributed by atoms with Crippen LogP contribution in [0.15, 0.2) is 24.3 Å². The fraction of sp³-hybridized carbons (Fsp3) is 0.562. The van der Waals surface area contributed by atoms with Gasteiger partial charge in [-0.25, -0.2) is 0 Å². The Morgan fingerprint density at radius 1 is 1.48 bits per heavy atom. The van der Waals surface area contributed by atoms with Gasteiger partial charge < -0.3 is 15.6 Å². The van der Waals surface area contributed by atoms with Crippen LogP contribution < -0.4 is 10.5 Å². The predicted octanol–water partition coefficient (Wildman–Crippen LogP) is 2.18. The summed E-state index contributed by atoms with van der Waals surface area (Å²) in [5.41, 5.74) is 6.41. The van der Waals surface area contributed by atoms with E-state index in [0.29, 0.717) is 17.3 Å². The lowest BCUT2D eigenvalue weighted by atomic mass is 10.00. The Morgan fingerprint density at radius 3 is 2.71 bits per heavy atom. The molecule has 5 heteroatoms. The molecule has 0 saturated carbocycles. The molecule has 1 unspecified atom stereocenters. The summed E-state index contributed by atoms with van der Waals surface area (Å²) < 4.78 is 5.61. The molecule has 0 aliphatic rings. The first-order chi connectivity index (χ1) is 9.76. The van der Waals surface area contributed by atoms with E-state index in [4.69, 9.17) is 22.7 Å². The molecule has 0 aromatic heterocycles. The minimum atomic E-state index is -0.547. The Labute approximate surface area is 132 Å². The van der Waals surface area contributed by atoms with E-state index in [0.717, 1.165) is 12.0 Å². The number of aliphatic hydroxyl groups excluding tert-OH is 1. The second-order valence-electron chi connectivity index (χ2n) is 5.90. The van der Waals surface area contributed by atoms with Crippen LogP contribution >= 0.6 is 12.2 Å². The molecule has 1 aromatic rings. The highest BCUT2D eigenvalue weighted by molar-refractivity contribution is 7.80. The number of likely N-dealkylation sites (N-methyl/N-ethyl adjacent to an activating group) is 1. The van der Waals surface area contributed by atoms with Gasteiger partial charge in [-0.05, 0) is 39.4 Å². The van der Waals surface area contributed by atoms with Crippen molar-refractivity contribution in [2.75, 3.05) is 20.2 Å². The van der Waals surface area contributed by atoms with Gasteiger partial charge in [-0.2, -0.15) is 0 Å². The van der Waals surface area contributed by atoms with E-state index < -0.39 is 6.10 Å². The highest BCUT2D eigenvalue weighted by Gasteiger charge is 2.23. The third-order valence-corrected chi connectivity index (χ3v) is 4.18. The predicted molar refractivity (Wildman–Crippen MR) is 90.8 cm³/mol. The summed E-state index contributed by atoms with van der Waals surface area (Å²) in [4.78, 5) is 2.48. The Balaban J connectivity index is 2.51. The second kappa shape index (κ2) is 7.73. The topological polar surface area (TPSA) is 58.7 Å². The molecule has 0 fully saturated rings. The molecule has 4 nitrogen and oxygen atoms in total. The highest BCUT2D eigenvalue weighted by atomic mass is 32.1. The highest BCUT2D eigenvalue weighted by Crippen LogP contribution is 2.17. The van der Waals surface area contributed by atoms with E-state index in [9.17, 15) is 5.11 Å². The molecule has 0 bridgehead atoms. The Morgan fingerprint density at radius 2 is 2.14 bits per heavy atom. The molecule has 1 atom stereocenters. The average molecular weight is 310 g/mol. The quantitative estimate of drug-likeness (QED) is 0.721. The van der Waals surface area contributed by atoms with Gasteiger partial charge >= 0.3 is 0 Å². The molecule has 0 spiro atoms. The molecule has 1 rings (SSSR count). The number of nitrogens with two attached hydrogens (primary N) is 1. The molecule has 118 valence electrons. The molecule has 0 radical (unpaired) electrons. The van der Waals surface area contributed by atoms with Crippen molar-refractivity contribution in [3.63, 3.8) is 0 Å². The summed E-state index contributed by atoms with van der Waals surface area (Å²) in [5, 5.41) is 10.1. The average Bonchev–Trinajstić information content (AvgIpc) is 2.45. The largest absolute Gasteiger partial charge is 0.491 e. The van der Waals surface area contributed by atoms with Crippen molar-refractivity contribution >= 4 is 17.2 Å². The number of hydrogen-bond donors (Lipinski definition) is 2. The molecular weight excluding hydrogens is 284 g/mol. The van der Waals surface area contributed by atoms with E-state index in [-0.39, 0.29) is 12.1 Å². The van der Waals surface area contributed by atoms with Gasteiger partial charge in [-0.3, -0.25) is 4.90 Å². The lowest BCUT2D eigenvalue weighted by Crippen LogP contribution is -2.45. The van der Waals surface area contributed by atoms with Crippen LogP contribution in [0.4, 0.5) is 0 Å². The number of hydrogen-bond acceptors (Lipinski definition) is 4. The van der Waals surface area contributed by atoms with Crippen LogP contribution in [-0.4, -0.2) is 46.8 Å². The first-order valence-electron chi connectivity index (χ1n) is 7.18. The van der Waals surface area contributed by atoms with Crippen LogP contribution in [0.25, 0.3) is 0 Å². The SMILES string of the molecule is CCC(C)(C)N(C)CC(O)COc1cccc(C(N)=S)c1. The summed E-state index contributed by atoms with van der Waals surface area (Å²) in [6, 6.07) is 7.29. The number of nitrogens with zero attached hydrogens (tertiary/aromatic N) is 1. The fourth-order valence-electron chi connectivity index (χ4n) is 1.82. The zero-order valence-corrected chi connectivity index (χ0v) is 14.1. The van der Waals surface area contributed by atoms with E-state index in [1.165, 1.54) is 0 Å². The number of rotatable bonds is 8. The maximum absolute atomic E-state index is 10.1. The first-order valence-corrected chi connectivity index (χ1v) is 7.59. The molecule has 21 heavy (non-hydrogen) atoms.